The molecule has 0 aromatic heterocycles. The summed E-state index contributed by atoms with van der Waals surface area (Å²) >= 11 is 0. The zero-order valence-electron chi connectivity index (χ0n) is 31.4. The minimum atomic E-state index is -0.598. The van der Waals surface area contributed by atoms with Gasteiger partial charge in [-0.15, -0.1) is 0 Å². The molecule has 0 unspecified atom stereocenters. The van der Waals surface area contributed by atoms with Gasteiger partial charge in [0, 0.05) is 11.3 Å². The molecule has 8 aromatic rings. The van der Waals surface area contributed by atoms with Gasteiger partial charge in [-0.3, -0.25) is 0 Å². The Labute approximate surface area is 324 Å². The molecule has 0 bridgehead atoms. The second-order valence-electron chi connectivity index (χ2n) is 15.8. The topological polar surface area (TPSA) is 6.48 Å². The van der Waals surface area contributed by atoms with Gasteiger partial charge in [-0.2, -0.15) is 0 Å². The maximum absolute atomic E-state index is 2.51. The zero-order chi connectivity index (χ0) is 37.1. The Morgan fingerprint density at radius 2 is 0.782 bits per heavy atom. The van der Waals surface area contributed by atoms with Crippen molar-refractivity contribution in [1.29, 1.82) is 0 Å². The van der Waals surface area contributed by atoms with E-state index in [2.05, 4.69) is 231 Å². The molecule has 0 saturated heterocycles. The number of rotatable bonds is 4. The van der Waals surface area contributed by atoms with Crippen LogP contribution in [0.5, 0.6) is 0 Å². The predicted octanol–water partition coefficient (Wildman–Crippen LogP) is 14.3. The molecule has 0 saturated carbocycles. The maximum atomic E-state index is 2.51. The Hall–Kier alpha value is -6.64. The first-order chi connectivity index (χ1) is 26.9. The van der Waals surface area contributed by atoms with Gasteiger partial charge in [0.1, 0.15) is 0 Å². The molecular formula is C53H42N2. The highest BCUT2D eigenvalue weighted by molar-refractivity contribution is 5.98. The van der Waals surface area contributed by atoms with Crippen LogP contribution in [0.3, 0.4) is 0 Å². The van der Waals surface area contributed by atoms with Crippen molar-refractivity contribution in [2.75, 3.05) is 9.80 Å². The Bertz CT molecular complexity index is 2640. The summed E-state index contributed by atoms with van der Waals surface area (Å²) in [5.74, 6) is 0. The van der Waals surface area contributed by atoms with E-state index in [4.69, 9.17) is 0 Å². The number of para-hydroxylation sites is 4. The number of hydrogen-bond acceptors (Lipinski definition) is 2. The molecule has 55 heavy (non-hydrogen) atoms. The van der Waals surface area contributed by atoms with E-state index in [1.165, 1.54) is 72.8 Å². The molecule has 264 valence electrons. The van der Waals surface area contributed by atoms with Crippen LogP contribution in [0, 0.1) is 0 Å². The van der Waals surface area contributed by atoms with Crippen LogP contribution >= 0.6 is 0 Å². The molecule has 2 heteroatoms. The van der Waals surface area contributed by atoms with E-state index < -0.39 is 5.41 Å². The van der Waals surface area contributed by atoms with Crippen LogP contribution in [0.4, 0.5) is 34.1 Å². The molecule has 2 aliphatic rings. The molecule has 0 radical (unpaired) electrons. The molecule has 0 atom stereocenters. The van der Waals surface area contributed by atoms with Crippen molar-refractivity contribution in [3.63, 3.8) is 0 Å². The highest BCUT2D eigenvalue weighted by atomic mass is 15.2. The highest BCUT2D eigenvalue weighted by Gasteiger charge is 2.52. The summed E-state index contributed by atoms with van der Waals surface area (Å²) in [6, 6.07) is 73.9. The monoisotopic (exact) mass is 706 g/mol. The van der Waals surface area contributed by atoms with Crippen LogP contribution < -0.4 is 9.80 Å². The fourth-order valence-corrected chi connectivity index (χ4v) is 9.09. The summed E-state index contributed by atoms with van der Waals surface area (Å²) in [6.45, 7) is 6.97. The molecule has 0 N–H and O–H groups in total. The molecule has 10 rings (SSSR count). The standard InChI is InChI=1S/C53H42N2/c1-52(2,3)40-32-35-51-46(36-40)53(43-23-11-15-27-48(43)54(51)41-33-30-38(31-34-41)37-18-6-4-7-19-37)44-24-12-16-28-49(44)55(50-29-17-13-25-45(50)53)47-26-14-10-22-42(47)39-20-8-5-9-21-39/h4-36H,1-3H3. The van der Waals surface area contributed by atoms with Crippen LogP contribution in [-0.2, 0) is 10.8 Å². The smallest absolute Gasteiger partial charge is 0.0783 e. The van der Waals surface area contributed by atoms with Crippen LogP contribution in [-0.4, -0.2) is 0 Å². The average Bonchev–Trinajstić information content (AvgIpc) is 3.24. The van der Waals surface area contributed by atoms with Crippen molar-refractivity contribution in [1.82, 2.24) is 0 Å². The molecule has 8 aromatic carbocycles. The fraction of sp³-hybridized carbons (Fsp3) is 0.0943. The van der Waals surface area contributed by atoms with Crippen molar-refractivity contribution in [2.45, 2.75) is 31.6 Å². The Kier molecular flexibility index (Phi) is 7.64. The van der Waals surface area contributed by atoms with Gasteiger partial charge < -0.3 is 9.80 Å². The van der Waals surface area contributed by atoms with Crippen molar-refractivity contribution < 1.29 is 0 Å². The zero-order valence-corrected chi connectivity index (χ0v) is 31.4. The fourth-order valence-electron chi connectivity index (χ4n) is 9.09. The van der Waals surface area contributed by atoms with Crippen molar-refractivity contribution in [3.8, 4) is 22.3 Å². The number of benzene rings is 8. The quantitative estimate of drug-likeness (QED) is 0.180. The number of hydrogen-bond donors (Lipinski definition) is 0. The first-order valence-corrected chi connectivity index (χ1v) is 19.3. The summed E-state index contributed by atoms with van der Waals surface area (Å²) in [6.07, 6.45) is 0. The summed E-state index contributed by atoms with van der Waals surface area (Å²) in [7, 11) is 0. The minimum absolute atomic E-state index is 0.0519. The Balaban J connectivity index is 1.27. The molecule has 2 aliphatic heterocycles. The van der Waals surface area contributed by atoms with E-state index >= 15 is 0 Å². The second kappa shape index (κ2) is 12.7. The van der Waals surface area contributed by atoms with Crippen LogP contribution in [0.1, 0.15) is 48.6 Å². The van der Waals surface area contributed by atoms with Gasteiger partial charge in [-0.1, -0.05) is 178 Å². The summed E-state index contributed by atoms with van der Waals surface area (Å²) in [5, 5.41) is 0. The Morgan fingerprint density at radius 3 is 1.35 bits per heavy atom. The highest BCUT2D eigenvalue weighted by Crippen LogP contribution is 2.64. The Morgan fingerprint density at radius 1 is 0.345 bits per heavy atom. The summed E-state index contributed by atoms with van der Waals surface area (Å²) < 4.78 is 0. The van der Waals surface area contributed by atoms with Crippen molar-refractivity contribution in [2.24, 2.45) is 0 Å². The number of anilines is 6. The third kappa shape index (κ3) is 5.09. The van der Waals surface area contributed by atoms with E-state index in [1.807, 2.05) is 0 Å². The lowest BCUT2D eigenvalue weighted by atomic mass is 9.59. The van der Waals surface area contributed by atoms with Crippen LogP contribution in [0.15, 0.2) is 200 Å². The van der Waals surface area contributed by atoms with Gasteiger partial charge in [0.15, 0.2) is 0 Å². The van der Waals surface area contributed by atoms with Crippen LogP contribution in [0.2, 0.25) is 0 Å². The SMILES string of the molecule is CC(C)(C)c1ccc2c(c1)C1(c3ccccc3N2c2ccc(-c3ccccc3)cc2)c2ccccc2N(c2ccccc2-c2ccccc2)c2ccccc21. The predicted molar refractivity (Wildman–Crippen MR) is 231 cm³/mol. The molecule has 0 amide bonds. The number of fused-ring (bicyclic) bond motifs is 8. The van der Waals surface area contributed by atoms with E-state index in [-0.39, 0.29) is 5.41 Å². The molecule has 0 fully saturated rings. The molecule has 2 heterocycles. The number of nitrogens with zero attached hydrogens (tertiary/aromatic N) is 2. The van der Waals surface area contributed by atoms with E-state index in [0.29, 0.717) is 0 Å². The molecule has 0 aliphatic carbocycles. The first kappa shape index (κ1) is 33.0. The van der Waals surface area contributed by atoms with Crippen LogP contribution in [0.25, 0.3) is 22.3 Å². The summed E-state index contributed by atoms with van der Waals surface area (Å²) in [5.41, 5.74) is 17.7. The van der Waals surface area contributed by atoms with Gasteiger partial charge >= 0.3 is 0 Å². The second-order valence-corrected chi connectivity index (χ2v) is 15.8. The first-order valence-electron chi connectivity index (χ1n) is 19.3. The van der Waals surface area contributed by atoms with Gasteiger partial charge in [0.05, 0.1) is 33.9 Å². The van der Waals surface area contributed by atoms with E-state index in [0.717, 1.165) is 11.4 Å². The minimum Gasteiger partial charge on any atom is -0.310 e. The van der Waals surface area contributed by atoms with Gasteiger partial charge in [0.25, 0.3) is 0 Å². The van der Waals surface area contributed by atoms with Crippen molar-refractivity contribution in [3.05, 3.63) is 228 Å². The lowest BCUT2D eigenvalue weighted by molar-refractivity contribution is 0.586. The molecule has 1 spiro atoms. The molecular weight excluding hydrogens is 665 g/mol. The third-order valence-electron chi connectivity index (χ3n) is 11.6. The maximum Gasteiger partial charge on any atom is 0.0783 e. The van der Waals surface area contributed by atoms with Crippen molar-refractivity contribution >= 4 is 34.1 Å². The van der Waals surface area contributed by atoms with E-state index in [9.17, 15) is 0 Å². The molecule has 2 nitrogen and oxygen atoms in total. The summed E-state index contributed by atoms with van der Waals surface area (Å²) in [4.78, 5) is 4.99. The van der Waals surface area contributed by atoms with Gasteiger partial charge in [-0.05, 0) is 92.4 Å². The van der Waals surface area contributed by atoms with E-state index in [1.54, 1.807) is 0 Å². The largest absolute Gasteiger partial charge is 0.310 e. The third-order valence-corrected chi connectivity index (χ3v) is 11.6. The lowest BCUT2D eigenvalue weighted by Gasteiger charge is -2.51. The average molecular weight is 707 g/mol. The normalized spacial score (nSPS) is 13.8. The lowest BCUT2D eigenvalue weighted by Crippen LogP contribution is -2.42. The van der Waals surface area contributed by atoms with Gasteiger partial charge in [-0.25, -0.2) is 0 Å². The van der Waals surface area contributed by atoms with Gasteiger partial charge in [0.2, 0.25) is 0 Å².